The Morgan fingerprint density at radius 1 is 1.10 bits per heavy atom. The molecule has 0 unspecified atom stereocenters. The van der Waals surface area contributed by atoms with Gasteiger partial charge in [-0.1, -0.05) is 24.3 Å². The van der Waals surface area contributed by atoms with Gasteiger partial charge >= 0.3 is 5.97 Å². The molecule has 0 radical (unpaired) electrons. The van der Waals surface area contributed by atoms with Crippen LogP contribution in [0.25, 0.3) is 10.2 Å². The molecule has 2 aliphatic rings. The maximum absolute atomic E-state index is 13.7. The Morgan fingerprint density at radius 3 is 2.33 bits per heavy atom. The molecule has 39 heavy (non-hydrogen) atoms. The normalized spacial score (nSPS) is 16.8. The van der Waals surface area contributed by atoms with Crippen molar-refractivity contribution in [3.8, 4) is 0 Å². The average Bonchev–Trinajstić information content (AvgIpc) is 3.34. The van der Waals surface area contributed by atoms with Crippen LogP contribution in [0, 0.1) is 5.41 Å². The van der Waals surface area contributed by atoms with E-state index in [0.29, 0.717) is 25.4 Å². The summed E-state index contributed by atoms with van der Waals surface area (Å²) >= 11 is 1.61. The molecule has 0 bridgehead atoms. The minimum Gasteiger partial charge on any atom is -1.00 e. The molecule has 1 N–H and O–H groups in total. The van der Waals surface area contributed by atoms with Crippen LogP contribution < -0.4 is 34.2 Å². The Hall–Kier alpha value is -2.24. The van der Waals surface area contributed by atoms with E-state index in [9.17, 15) is 9.59 Å². The first-order valence-electron chi connectivity index (χ1n) is 13.3. The molecule has 1 saturated heterocycles. The van der Waals surface area contributed by atoms with Gasteiger partial charge in [-0.15, -0.1) is 11.3 Å². The first kappa shape index (κ1) is 29.7. The van der Waals surface area contributed by atoms with Gasteiger partial charge in [-0.3, -0.25) is 9.59 Å². The van der Waals surface area contributed by atoms with Gasteiger partial charge in [0.2, 0.25) is 5.91 Å². The van der Waals surface area contributed by atoms with Gasteiger partial charge in [-0.05, 0) is 62.9 Å². The Labute approximate surface area is 252 Å². The molecule has 3 aromatic rings. The number of rotatable bonds is 7. The molecule has 1 aliphatic heterocycles. The molecule has 2 heterocycles. The maximum atomic E-state index is 13.7. The number of likely N-dealkylation sites (N-methyl/N-ethyl adjacent to an activating group) is 1. The average molecular weight is 663 g/mol. The predicted molar refractivity (Wildman–Crippen MR) is 152 cm³/mol. The van der Waals surface area contributed by atoms with Crippen molar-refractivity contribution in [2.45, 2.75) is 58.2 Å². The van der Waals surface area contributed by atoms with Gasteiger partial charge in [0.05, 0.1) is 62.8 Å². The predicted octanol–water partition coefficient (Wildman–Crippen LogP) is 1.33. The number of anilines is 1. The second-order valence-electron chi connectivity index (χ2n) is 12.8. The second-order valence-corrected chi connectivity index (χ2v) is 13.9. The highest BCUT2D eigenvalue weighted by molar-refractivity contribution is 7.18. The largest absolute Gasteiger partial charge is 1.00 e. The van der Waals surface area contributed by atoms with E-state index in [1.54, 1.807) is 11.3 Å². The van der Waals surface area contributed by atoms with Crippen LogP contribution in [0.15, 0.2) is 42.5 Å². The van der Waals surface area contributed by atoms with Crippen molar-refractivity contribution in [1.82, 2.24) is 10.3 Å². The standard InChI is InChI=1S/C30H38N4O3S.HI/c1-29(2,3)37-27(35)16-30(14-20-9-7-8-10-21(20)15-30)28(36)31-17-26-32-24-12-11-22(13-25(24)38-26)33-18-23(19-33)34(4,5)6;/h7-13,23H,14-19H2,1-6H3;1H. The first-order chi connectivity index (χ1) is 17.8. The van der Waals surface area contributed by atoms with Gasteiger partial charge < -0.3 is 43.4 Å². The van der Waals surface area contributed by atoms with Crippen LogP contribution in [0.2, 0.25) is 0 Å². The summed E-state index contributed by atoms with van der Waals surface area (Å²) in [4.78, 5) is 33.7. The molecule has 1 amide bonds. The lowest BCUT2D eigenvalue weighted by molar-refractivity contribution is -0.896. The molecule has 1 aliphatic carbocycles. The van der Waals surface area contributed by atoms with Gasteiger partial charge in [0.15, 0.2) is 0 Å². The highest BCUT2D eigenvalue weighted by Gasteiger charge is 2.46. The Kier molecular flexibility index (Phi) is 8.36. The minimum absolute atomic E-state index is 0. The van der Waals surface area contributed by atoms with Crippen molar-refractivity contribution in [3.05, 3.63) is 58.6 Å². The molecule has 0 atom stereocenters. The van der Waals surface area contributed by atoms with E-state index < -0.39 is 11.0 Å². The molecule has 1 fully saturated rings. The minimum atomic E-state index is -0.852. The summed E-state index contributed by atoms with van der Waals surface area (Å²) in [6, 6.07) is 15.1. The summed E-state index contributed by atoms with van der Waals surface area (Å²) in [5, 5.41) is 3.98. The van der Waals surface area contributed by atoms with E-state index in [0.717, 1.165) is 43.9 Å². The molecule has 7 nitrogen and oxygen atoms in total. The van der Waals surface area contributed by atoms with Crippen LogP contribution in [0.4, 0.5) is 5.69 Å². The topological polar surface area (TPSA) is 71.5 Å². The fraction of sp³-hybridized carbons (Fsp3) is 0.500. The van der Waals surface area contributed by atoms with Crippen molar-refractivity contribution in [1.29, 1.82) is 0 Å². The number of aromatic nitrogens is 1. The van der Waals surface area contributed by atoms with Gasteiger partial charge in [0.25, 0.3) is 0 Å². The van der Waals surface area contributed by atoms with Crippen molar-refractivity contribution in [2.75, 3.05) is 39.1 Å². The number of amides is 1. The quantitative estimate of drug-likeness (QED) is 0.235. The number of hydrogen-bond donors (Lipinski definition) is 1. The van der Waals surface area contributed by atoms with Crippen molar-refractivity contribution in [2.24, 2.45) is 5.41 Å². The van der Waals surface area contributed by atoms with Crippen molar-refractivity contribution >= 4 is 39.1 Å². The highest BCUT2D eigenvalue weighted by atomic mass is 127. The first-order valence-corrected chi connectivity index (χ1v) is 14.2. The number of esters is 1. The Bertz CT molecular complexity index is 1340. The molecule has 9 heteroatoms. The molecule has 210 valence electrons. The van der Waals surface area contributed by atoms with E-state index in [4.69, 9.17) is 9.72 Å². The summed E-state index contributed by atoms with van der Waals surface area (Å²) in [5.74, 6) is -0.460. The summed E-state index contributed by atoms with van der Waals surface area (Å²) in [7, 11) is 6.74. The number of quaternary nitrogens is 1. The fourth-order valence-corrected chi connectivity index (χ4v) is 6.39. The smallest absolute Gasteiger partial charge is 0.307 e. The Morgan fingerprint density at radius 2 is 1.74 bits per heavy atom. The van der Waals surface area contributed by atoms with Crippen LogP contribution in [0.3, 0.4) is 0 Å². The number of fused-ring (bicyclic) bond motifs is 2. The second kappa shape index (κ2) is 11.0. The number of ether oxygens (including phenoxy) is 1. The molecule has 1 aromatic heterocycles. The zero-order chi connectivity index (χ0) is 27.3. The lowest BCUT2D eigenvalue weighted by Gasteiger charge is -2.47. The number of benzene rings is 2. The van der Waals surface area contributed by atoms with E-state index in [-0.39, 0.29) is 42.3 Å². The van der Waals surface area contributed by atoms with Crippen LogP contribution in [0.1, 0.15) is 43.3 Å². The third kappa shape index (κ3) is 6.57. The van der Waals surface area contributed by atoms with Crippen molar-refractivity contribution in [3.63, 3.8) is 0 Å². The monoisotopic (exact) mass is 662 g/mol. The molecular weight excluding hydrogens is 623 g/mol. The zero-order valence-electron chi connectivity index (χ0n) is 23.7. The fourth-order valence-electron chi connectivity index (χ4n) is 5.45. The molecule has 0 spiro atoms. The van der Waals surface area contributed by atoms with E-state index in [1.807, 2.05) is 45.0 Å². The number of carbonyl (C=O) groups is 2. The molecular formula is C30H39IN4O3S. The van der Waals surface area contributed by atoms with E-state index in [2.05, 4.69) is 49.6 Å². The lowest BCUT2D eigenvalue weighted by atomic mass is 9.80. The van der Waals surface area contributed by atoms with Crippen LogP contribution in [-0.2, 0) is 33.7 Å². The van der Waals surface area contributed by atoms with Crippen LogP contribution >= 0.6 is 11.3 Å². The van der Waals surface area contributed by atoms with E-state index in [1.165, 1.54) is 5.69 Å². The SMILES string of the molecule is CC(C)(C)OC(=O)CC1(C(=O)NCc2nc3ccc(N4CC([N+](C)(C)C)C4)cc3s2)Cc2ccccc2C1.[I-]. The van der Waals surface area contributed by atoms with Gasteiger partial charge in [0, 0.05) is 5.69 Å². The van der Waals surface area contributed by atoms with Gasteiger partial charge in [0.1, 0.15) is 16.7 Å². The van der Waals surface area contributed by atoms with Gasteiger partial charge in [-0.2, -0.15) is 0 Å². The summed E-state index contributed by atoms with van der Waals surface area (Å²) in [6.07, 6.45) is 1.11. The summed E-state index contributed by atoms with van der Waals surface area (Å²) in [5.41, 5.74) is 2.97. The molecule has 5 rings (SSSR count). The molecule has 2 aromatic carbocycles. The number of nitrogens with zero attached hydrogens (tertiary/aromatic N) is 3. The highest BCUT2D eigenvalue weighted by Crippen LogP contribution is 2.41. The number of nitrogens with one attached hydrogen (secondary N) is 1. The number of hydrogen-bond acceptors (Lipinski definition) is 6. The number of halogens is 1. The molecule has 0 saturated carbocycles. The zero-order valence-corrected chi connectivity index (χ0v) is 26.7. The van der Waals surface area contributed by atoms with Crippen LogP contribution in [0.5, 0.6) is 0 Å². The third-order valence-electron chi connectivity index (χ3n) is 7.70. The number of carbonyl (C=O) groups excluding carboxylic acids is 2. The third-order valence-corrected chi connectivity index (χ3v) is 8.72. The van der Waals surface area contributed by atoms with Crippen LogP contribution in [-0.4, -0.2) is 67.2 Å². The van der Waals surface area contributed by atoms with E-state index >= 15 is 0 Å². The summed E-state index contributed by atoms with van der Waals surface area (Å²) in [6.45, 7) is 8.00. The van der Waals surface area contributed by atoms with Gasteiger partial charge in [-0.25, -0.2) is 4.98 Å². The Balaban J connectivity index is 0.00000353. The maximum Gasteiger partial charge on any atom is 0.307 e. The number of thiazole rings is 1. The van der Waals surface area contributed by atoms with Crippen molar-refractivity contribution < 1.29 is 42.8 Å². The lowest BCUT2D eigenvalue weighted by Crippen LogP contribution is -3.00. The summed E-state index contributed by atoms with van der Waals surface area (Å²) < 4.78 is 7.71.